The number of halogens is 1. The zero-order valence-corrected chi connectivity index (χ0v) is 40.7. The van der Waals surface area contributed by atoms with E-state index in [1.165, 1.54) is 10.5 Å². The van der Waals surface area contributed by atoms with Gasteiger partial charge in [-0.25, -0.2) is 4.98 Å². The van der Waals surface area contributed by atoms with E-state index in [4.69, 9.17) is 11.6 Å². The molecular formula is C53H58ClN7O5S. The number of carbonyl (C=O) groups is 3. The number of likely N-dealkylation sites (tertiary alicyclic amines) is 2. The molecule has 14 heteroatoms. The Morgan fingerprint density at radius 1 is 0.970 bits per heavy atom. The number of carbonyl (C=O) groups excluding carboxylic acids is 3. The second kappa shape index (κ2) is 18.1. The van der Waals surface area contributed by atoms with Crippen molar-refractivity contribution >= 4 is 51.6 Å². The molecule has 3 N–H and O–H groups in total. The number of aryl methyl sites for hydroxylation is 1. The normalized spacial score (nSPS) is 19.2. The quantitative estimate of drug-likeness (QED) is 0.124. The van der Waals surface area contributed by atoms with Crippen LogP contribution in [0.3, 0.4) is 0 Å². The summed E-state index contributed by atoms with van der Waals surface area (Å²) in [5.41, 5.74) is 8.95. The van der Waals surface area contributed by atoms with Crippen LogP contribution in [0.15, 0.2) is 95.2 Å². The minimum atomic E-state index is -0.959. The predicted molar refractivity (Wildman–Crippen MR) is 264 cm³/mol. The Morgan fingerprint density at radius 2 is 1.70 bits per heavy atom. The molecule has 3 aliphatic heterocycles. The van der Waals surface area contributed by atoms with Crippen LogP contribution >= 0.6 is 22.9 Å². The van der Waals surface area contributed by atoms with Crippen LogP contribution in [0.25, 0.3) is 27.0 Å². The van der Waals surface area contributed by atoms with Crippen molar-refractivity contribution in [1.29, 1.82) is 0 Å². The summed E-state index contributed by atoms with van der Waals surface area (Å²) >= 11 is 8.07. The lowest BCUT2D eigenvalue weighted by Crippen LogP contribution is -2.57. The van der Waals surface area contributed by atoms with Crippen molar-refractivity contribution < 1.29 is 19.5 Å². The molecule has 6 aromatic rings. The maximum absolute atomic E-state index is 14.4. The third-order valence-electron chi connectivity index (χ3n) is 14.0. The van der Waals surface area contributed by atoms with Crippen LogP contribution < -0.4 is 16.2 Å². The van der Waals surface area contributed by atoms with Crippen molar-refractivity contribution in [3.8, 4) is 16.1 Å². The summed E-state index contributed by atoms with van der Waals surface area (Å²) in [7, 11) is 0. The molecule has 5 heterocycles. The Balaban J connectivity index is 0.828. The van der Waals surface area contributed by atoms with Gasteiger partial charge in [0.25, 0.3) is 11.5 Å². The Morgan fingerprint density at radius 3 is 2.40 bits per heavy atom. The van der Waals surface area contributed by atoms with Crippen LogP contribution in [0.2, 0.25) is 5.02 Å². The molecule has 2 aromatic heterocycles. The Labute approximate surface area is 400 Å². The second-order valence-electron chi connectivity index (χ2n) is 20.1. The van der Waals surface area contributed by atoms with E-state index in [0.717, 1.165) is 75.8 Å². The van der Waals surface area contributed by atoms with Gasteiger partial charge in [0.2, 0.25) is 11.8 Å². The van der Waals surface area contributed by atoms with Crippen LogP contribution in [-0.4, -0.2) is 85.0 Å². The summed E-state index contributed by atoms with van der Waals surface area (Å²) in [5, 5.41) is 17.7. The number of thiazole rings is 1. The van der Waals surface area contributed by atoms with Crippen molar-refractivity contribution in [1.82, 2.24) is 35.0 Å². The average molecular weight is 941 g/mol. The average Bonchev–Trinajstić information content (AvgIpc) is 3.98. The van der Waals surface area contributed by atoms with E-state index in [0.29, 0.717) is 28.4 Å². The highest BCUT2D eigenvalue weighted by Crippen LogP contribution is 2.45. The van der Waals surface area contributed by atoms with Gasteiger partial charge < -0.3 is 20.6 Å². The molecule has 4 atom stereocenters. The molecule has 9 rings (SSSR count). The van der Waals surface area contributed by atoms with E-state index in [2.05, 4.69) is 62.1 Å². The van der Waals surface area contributed by atoms with Crippen molar-refractivity contribution in [3.05, 3.63) is 145 Å². The smallest absolute Gasteiger partial charge is 0.282 e. The number of fused-ring (bicyclic) bond motifs is 5. The van der Waals surface area contributed by atoms with Crippen molar-refractivity contribution in [3.63, 3.8) is 0 Å². The molecule has 12 nitrogen and oxygen atoms in total. The number of hydrogen-bond acceptors (Lipinski definition) is 9. The fraction of sp³-hybridized carbons (Fsp3) is 0.396. The SMILES string of the molecule is Cc1ncsc1-c1ccc([C@H](C)NC(=O)[C@@H]2C[C@@H](O)CN2C(=O)[C@@H](NC(=O)c2cccc(CN3CCC(c4ccc5c(c4)C(C)(C)c4nc(=O)c6c(Cl)cccc6n4-5)CC3)c2)C(C)(C)C)cc1. The number of rotatable bonds is 10. The zero-order valence-electron chi connectivity index (χ0n) is 39.1. The summed E-state index contributed by atoms with van der Waals surface area (Å²) in [4.78, 5) is 69.2. The molecule has 0 aliphatic carbocycles. The lowest BCUT2D eigenvalue weighted by atomic mass is 9.81. The summed E-state index contributed by atoms with van der Waals surface area (Å²) in [6, 6.07) is 25.6. The van der Waals surface area contributed by atoms with Gasteiger partial charge in [-0.15, -0.1) is 11.3 Å². The number of nitrogens with one attached hydrogen (secondary N) is 2. The fourth-order valence-electron chi connectivity index (χ4n) is 10.2. The molecule has 2 saturated heterocycles. The lowest BCUT2D eigenvalue weighted by Gasteiger charge is -2.35. The molecule has 2 fully saturated rings. The number of aliphatic hydroxyl groups excluding tert-OH is 1. The first-order valence-corrected chi connectivity index (χ1v) is 24.4. The Hall–Kier alpha value is -5.73. The molecule has 3 aliphatic rings. The van der Waals surface area contributed by atoms with Crippen LogP contribution in [-0.2, 0) is 21.5 Å². The van der Waals surface area contributed by atoms with E-state index in [1.807, 2.05) is 94.7 Å². The van der Waals surface area contributed by atoms with Gasteiger partial charge in [0.05, 0.1) is 55.3 Å². The monoisotopic (exact) mass is 939 g/mol. The maximum atomic E-state index is 14.4. The van der Waals surface area contributed by atoms with Gasteiger partial charge in [0, 0.05) is 25.1 Å². The first kappa shape index (κ1) is 46.4. The van der Waals surface area contributed by atoms with Gasteiger partial charge in [-0.3, -0.25) is 28.6 Å². The van der Waals surface area contributed by atoms with E-state index in [1.54, 1.807) is 23.5 Å². The van der Waals surface area contributed by atoms with Crippen LogP contribution in [0, 0.1) is 12.3 Å². The van der Waals surface area contributed by atoms with Crippen LogP contribution in [0.5, 0.6) is 0 Å². The van der Waals surface area contributed by atoms with Gasteiger partial charge in [0.15, 0.2) is 0 Å². The number of amides is 3. The molecule has 0 radical (unpaired) electrons. The molecule has 348 valence electrons. The van der Waals surface area contributed by atoms with Gasteiger partial charge in [-0.05, 0) is 123 Å². The molecule has 67 heavy (non-hydrogen) atoms. The molecule has 0 unspecified atom stereocenters. The molecule has 0 spiro atoms. The highest BCUT2D eigenvalue weighted by atomic mass is 35.5. The lowest BCUT2D eigenvalue weighted by molar-refractivity contribution is -0.142. The maximum Gasteiger partial charge on any atom is 0.282 e. The number of hydrogen-bond donors (Lipinski definition) is 3. The van der Waals surface area contributed by atoms with Crippen LogP contribution in [0.4, 0.5) is 0 Å². The minimum Gasteiger partial charge on any atom is -0.391 e. The van der Waals surface area contributed by atoms with Gasteiger partial charge >= 0.3 is 0 Å². The highest BCUT2D eigenvalue weighted by Gasteiger charge is 2.45. The summed E-state index contributed by atoms with van der Waals surface area (Å²) in [6.07, 6.45) is 1.18. The number of aliphatic hydroxyl groups is 1. The molecule has 0 saturated carbocycles. The van der Waals surface area contributed by atoms with Gasteiger partial charge in [-0.2, -0.15) is 4.98 Å². The van der Waals surface area contributed by atoms with Crippen molar-refractivity contribution in [2.45, 2.75) is 110 Å². The molecule has 0 bridgehead atoms. The Bertz CT molecular complexity index is 2950. The topological polar surface area (TPSA) is 150 Å². The second-order valence-corrected chi connectivity index (χ2v) is 21.4. The number of aromatic nitrogens is 3. The van der Waals surface area contributed by atoms with Crippen LogP contribution in [0.1, 0.15) is 117 Å². The molecule has 4 aromatic carbocycles. The Kier molecular flexibility index (Phi) is 12.5. The number of β-amino-alcohol motifs (C(OH)–C–C–N with tert-alkyl or cyclic N) is 1. The summed E-state index contributed by atoms with van der Waals surface area (Å²) < 4.78 is 2.09. The fourth-order valence-corrected chi connectivity index (χ4v) is 11.3. The number of nitrogens with zero attached hydrogens (tertiary/aromatic N) is 5. The van der Waals surface area contributed by atoms with E-state index in [-0.39, 0.29) is 36.4 Å². The van der Waals surface area contributed by atoms with E-state index in [9.17, 15) is 24.3 Å². The highest BCUT2D eigenvalue weighted by molar-refractivity contribution is 7.13. The largest absolute Gasteiger partial charge is 0.391 e. The first-order chi connectivity index (χ1) is 31.9. The predicted octanol–water partition coefficient (Wildman–Crippen LogP) is 8.47. The minimum absolute atomic E-state index is 0.00541. The third-order valence-corrected chi connectivity index (χ3v) is 15.3. The number of benzene rings is 4. The van der Waals surface area contributed by atoms with Gasteiger partial charge in [0.1, 0.15) is 17.9 Å². The molecular weight excluding hydrogens is 882 g/mol. The van der Waals surface area contributed by atoms with Gasteiger partial charge in [-0.1, -0.05) is 87.0 Å². The standard InChI is InChI=1S/C53H58ClN7O5S/c1-30(33-14-16-35(17-15-33)45-31(2)55-29-67-45)56-48(64)43-26-38(62)28-60(43)50(66)46(52(3,4)5)57-47(63)37-11-8-10-32(24-37)27-59-22-20-34(21-23-59)36-18-19-41-39(25-36)53(6,7)51-58-49(65)44-40(54)12-9-13-42(44)61(41)51/h8-19,24-25,29-30,34,38,43,46,62H,20-23,26-28H2,1-7H3,(H,56,64)(H,57,63)/t30-,38+,43-,46+/m0/s1. The first-order valence-electron chi connectivity index (χ1n) is 23.2. The van der Waals surface area contributed by atoms with E-state index < -0.39 is 34.9 Å². The summed E-state index contributed by atoms with van der Waals surface area (Å²) in [6.45, 7) is 16.2. The summed E-state index contributed by atoms with van der Waals surface area (Å²) in [5.74, 6) is -0.0497. The zero-order chi connectivity index (χ0) is 47.5. The number of piperidine rings is 1. The molecule has 3 amide bonds. The van der Waals surface area contributed by atoms with Crippen molar-refractivity contribution in [2.75, 3.05) is 19.6 Å². The van der Waals surface area contributed by atoms with Crippen molar-refractivity contribution in [2.24, 2.45) is 5.41 Å². The third kappa shape index (κ3) is 8.94. The van der Waals surface area contributed by atoms with E-state index >= 15 is 0 Å².